The normalized spacial score (nSPS) is 12.4. The molecule has 1 aromatic rings. The van der Waals surface area contributed by atoms with Gasteiger partial charge in [-0.2, -0.15) is 0 Å². The second-order valence-corrected chi connectivity index (χ2v) is 2.42. The number of carbonyl (C=O) groups is 3. The molecule has 6 heteroatoms. The highest BCUT2D eigenvalue weighted by atomic mass is 16.4. The summed E-state index contributed by atoms with van der Waals surface area (Å²) in [4.78, 5) is 32.6. The van der Waals surface area contributed by atoms with Crippen molar-refractivity contribution in [3.8, 4) is 0 Å². The Hall–Kier alpha value is -2.37. The van der Waals surface area contributed by atoms with Gasteiger partial charge in [0.1, 0.15) is 0 Å². The lowest BCUT2D eigenvalue weighted by Gasteiger charge is -2.04. The van der Waals surface area contributed by atoms with E-state index in [2.05, 4.69) is 0 Å². The van der Waals surface area contributed by atoms with Gasteiger partial charge < -0.3 is 15.3 Å². The molecule has 0 saturated carbocycles. The van der Waals surface area contributed by atoms with Gasteiger partial charge in [-0.15, -0.1) is 0 Å². The molecule has 0 aromatic heterocycles. The third kappa shape index (κ3) is 1.93. The van der Waals surface area contributed by atoms with Crippen molar-refractivity contribution in [2.24, 2.45) is 0 Å². The summed E-state index contributed by atoms with van der Waals surface area (Å²) in [6, 6.07) is -2.96. The van der Waals surface area contributed by atoms with Crippen molar-refractivity contribution in [1.29, 1.82) is 0 Å². The van der Waals surface area contributed by atoms with Crippen LogP contribution in [-0.2, 0) is 0 Å². The van der Waals surface area contributed by atoms with E-state index < -0.39 is 52.7 Å². The van der Waals surface area contributed by atoms with Crippen molar-refractivity contribution in [2.45, 2.75) is 0 Å². The van der Waals surface area contributed by atoms with Crippen LogP contribution in [0.25, 0.3) is 0 Å². The molecule has 0 radical (unpaired) electrons. The Labute approximate surface area is 87.6 Å². The molecule has 0 fully saturated rings. The van der Waals surface area contributed by atoms with E-state index >= 15 is 0 Å². The van der Waals surface area contributed by atoms with E-state index in [0.717, 1.165) is 0 Å². The third-order valence-electron chi connectivity index (χ3n) is 1.52. The van der Waals surface area contributed by atoms with E-state index in [1.807, 2.05) is 0 Å². The molecule has 6 nitrogen and oxygen atoms in total. The highest BCUT2D eigenvalue weighted by molar-refractivity contribution is 6.08. The fraction of sp³-hybridized carbons (Fsp3) is 0. The highest BCUT2D eigenvalue weighted by Gasteiger charge is 2.22. The van der Waals surface area contributed by atoms with Gasteiger partial charge in [0.05, 0.1) is 20.8 Å². The summed E-state index contributed by atoms with van der Waals surface area (Å²) in [6.07, 6.45) is 0. The fourth-order valence-electron chi connectivity index (χ4n) is 0.941. The van der Waals surface area contributed by atoms with E-state index in [1.54, 1.807) is 0 Å². The Bertz CT molecular complexity index is 539. The molecule has 1 rings (SSSR count). The second kappa shape index (κ2) is 3.79. The van der Waals surface area contributed by atoms with Crippen LogP contribution in [0.3, 0.4) is 0 Å². The first kappa shape index (κ1) is 6.99. The number of hydrogen-bond acceptors (Lipinski definition) is 3. The van der Waals surface area contributed by atoms with Crippen molar-refractivity contribution in [3.63, 3.8) is 0 Å². The molecule has 0 spiro atoms. The van der Waals surface area contributed by atoms with Crippen LogP contribution in [0, 0.1) is 0 Å². The largest absolute Gasteiger partial charge is 0.478 e. The average molecular weight is 213 g/mol. The first-order valence-corrected chi connectivity index (χ1v) is 3.53. The van der Waals surface area contributed by atoms with Gasteiger partial charge in [-0.3, -0.25) is 0 Å². The van der Waals surface area contributed by atoms with E-state index in [4.69, 9.17) is 19.4 Å². The molecule has 0 heterocycles. The topological polar surface area (TPSA) is 112 Å². The quantitative estimate of drug-likeness (QED) is 0.683. The summed E-state index contributed by atoms with van der Waals surface area (Å²) < 4.78 is 21.8. The zero-order valence-corrected chi connectivity index (χ0v) is 7.07. The first-order chi connectivity index (χ1) is 8.20. The summed E-state index contributed by atoms with van der Waals surface area (Å²) in [5.74, 6) is -5.56. The van der Waals surface area contributed by atoms with Gasteiger partial charge in [0.15, 0.2) is 0 Å². The number of rotatable bonds is 3. The van der Waals surface area contributed by atoms with Crippen molar-refractivity contribution < 1.29 is 33.8 Å². The molecule has 0 saturated heterocycles. The zero-order chi connectivity index (χ0) is 14.2. The third-order valence-corrected chi connectivity index (χ3v) is 1.52. The summed E-state index contributed by atoms with van der Waals surface area (Å²) in [6.45, 7) is 0. The van der Waals surface area contributed by atoms with E-state index in [1.165, 1.54) is 0 Å². The Morgan fingerprint density at radius 1 is 0.933 bits per heavy atom. The van der Waals surface area contributed by atoms with Crippen LogP contribution in [0.2, 0.25) is 0 Å². The molecule has 0 atom stereocenters. The molecule has 0 unspecified atom stereocenters. The lowest BCUT2D eigenvalue weighted by atomic mass is 10.0. The Kier molecular flexibility index (Phi) is 1.77. The van der Waals surface area contributed by atoms with E-state index in [9.17, 15) is 14.4 Å². The SMILES string of the molecule is [2H]c1c([2H])c(C(=O)O)c(C(=O)O)c(C(=O)O)c1[2H]. The molecule has 1 aromatic carbocycles. The van der Waals surface area contributed by atoms with Gasteiger partial charge >= 0.3 is 17.9 Å². The predicted octanol–water partition coefficient (Wildman–Crippen LogP) is 0.781. The van der Waals surface area contributed by atoms with Gasteiger partial charge in [0.25, 0.3) is 0 Å². The van der Waals surface area contributed by atoms with Crippen LogP contribution in [0.5, 0.6) is 0 Å². The maximum absolute atomic E-state index is 10.9. The standard InChI is InChI=1S/C9H6O6/c10-7(11)4-2-1-3-5(8(12)13)6(4)9(14)15/h1-3H,(H,10,11)(H,12,13)(H,14,15)/i1D,2D,3D. The molecule has 0 aliphatic rings. The van der Waals surface area contributed by atoms with Crippen LogP contribution < -0.4 is 0 Å². The molecule has 3 N–H and O–H groups in total. The van der Waals surface area contributed by atoms with E-state index in [0.29, 0.717) is 0 Å². The van der Waals surface area contributed by atoms with Crippen molar-refractivity contribution in [2.75, 3.05) is 0 Å². The molecule has 0 bridgehead atoms. The summed E-state index contributed by atoms with van der Waals surface area (Å²) in [7, 11) is 0. The monoisotopic (exact) mass is 213 g/mol. The minimum absolute atomic E-state index is 0.949. The summed E-state index contributed by atoms with van der Waals surface area (Å²) >= 11 is 0. The average Bonchev–Trinajstić information content (AvgIpc) is 2.23. The number of aromatic carboxylic acids is 3. The number of carboxylic acid groups (broad SMARTS) is 3. The fourth-order valence-corrected chi connectivity index (χ4v) is 0.941. The van der Waals surface area contributed by atoms with Crippen LogP contribution in [0.15, 0.2) is 18.1 Å². The Morgan fingerprint density at radius 2 is 1.33 bits per heavy atom. The molecular weight excluding hydrogens is 204 g/mol. The number of carboxylic acids is 3. The lowest BCUT2D eigenvalue weighted by molar-refractivity contribution is 0.0633. The number of benzene rings is 1. The van der Waals surface area contributed by atoms with Crippen LogP contribution in [0.1, 0.15) is 35.2 Å². The van der Waals surface area contributed by atoms with Crippen LogP contribution >= 0.6 is 0 Å². The molecule has 15 heavy (non-hydrogen) atoms. The smallest absolute Gasteiger partial charge is 0.337 e. The van der Waals surface area contributed by atoms with Gasteiger partial charge in [-0.05, 0) is 12.1 Å². The Morgan fingerprint density at radius 3 is 1.60 bits per heavy atom. The van der Waals surface area contributed by atoms with Crippen LogP contribution in [0.4, 0.5) is 0 Å². The van der Waals surface area contributed by atoms with Crippen molar-refractivity contribution in [3.05, 3.63) is 34.8 Å². The summed E-state index contributed by atoms with van der Waals surface area (Å²) in [5, 5.41) is 26.4. The molecule has 78 valence electrons. The summed E-state index contributed by atoms with van der Waals surface area (Å²) in [5.41, 5.74) is -3.39. The molecule has 0 aliphatic heterocycles. The van der Waals surface area contributed by atoms with Gasteiger partial charge in [0.2, 0.25) is 0 Å². The highest BCUT2D eigenvalue weighted by Crippen LogP contribution is 2.15. The van der Waals surface area contributed by atoms with Gasteiger partial charge in [-0.1, -0.05) is 6.04 Å². The maximum Gasteiger partial charge on any atom is 0.337 e. The predicted molar refractivity (Wildman–Crippen MR) is 47.3 cm³/mol. The minimum atomic E-state index is -1.88. The van der Waals surface area contributed by atoms with Crippen molar-refractivity contribution in [1.82, 2.24) is 0 Å². The van der Waals surface area contributed by atoms with Crippen LogP contribution in [-0.4, -0.2) is 33.2 Å². The Balaban J connectivity index is 3.99. The lowest BCUT2D eigenvalue weighted by Crippen LogP contribution is -2.14. The zero-order valence-electron chi connectivity index (χ0n) is 10.1. The maximum atomic E-state index is 10.9. The van der Waals surface area contributed by atoms with Crippen molar-refractivity contribution >= 4 is 17.9 Å². The molecule has 0 amide bonds. The second-order valence-electron chi connectivity index (χ2n) is 2.42. The van der Waals surface area contributed by atoms with Gasteiger partial charge in [-0.25, -0.2) is 14.4 Å². The molecular formula is C9H6O6. The number of hydrogen-bond donors (Lipinski definition) is 3. The van der Waals surface area contributed by atoms with E-state index in [-0.39, 0.29) is 0 Å². The minimum Gasteiger partial charge on any atom is -0.478 e. The van der Waals surface area contributed by atoms with Gasteiger partial charge in [0, 0.05) is 0 Å². The first-order valence-electron chi connectivity index (χ1n) is 5.03. The molecule has 0 aliphatic carbocycles.